The summed E-state index contributed by atoms with van der Waals surface area (Å²) in [4.78, 5) is 4.53. The van der Waals surface area contributed by atoms with Crippen LogP contribution in [0.3, 0.4) is 0 Å². The van der Waals surface area contributed by atoms with Crippen LogP contribution in [0.5, 0.6) is 0 Å². The number of pyridine rings is 1. The summed E-state index contributed by atoms with van der Waals surface area (Å²) < 4.78 is 0. The van der Waals surface area contributed by atoms with E-state index in [1.54, 1.807) is 0 Å². The normalized spacial score (nSPS) is 12.6. The zero-order valence-corrected chi connectivity index (χ0v) is 11.7. The van der Waals surface area contributed by atoms with Crippen LogP contribution in [-0.4, -0.2) is 16.9 Å². The Morgan fingerprint density at radius 3 is 2.89 bits per heavy atom. The minimum Gasteiger partial charge on any atom is -0.384 e. The summed E-state index contributed by atoms with van der Waals surface area (Å²) in [5.74, 6) is 0. The van der Waals surface area contributed by atoms with Gasteiger partial charge in [-0.25, -0.2) is 0 Å². The van der Waals surface area contributed by atoms with Gasteiger partial charge in [0.2, 0.25) is 0 Å². The van der Waals surface area contributed by atoms with E-state index in [2.05, 4.69) is 29.4 Å². The van der Waals surface area contributed by atoms with Gasteiger partial charge in [0.25, 0.3) is 0 Å². The Morgan fingerprint density at radius 2 is 2.11 bits per heavy atom. The molecule has 1 heterocycles. The van der Waals surface area contributed by atoms with Gasteiger partial charge in [-0.05, 0) is 31.9 Å². The molecule has 0 saturated carbocycles. The average Bonchev–Trinajstić information content (AvgIpc) is 2.38. The van der Waals surface area contributed by atoms with E-state index in [4.69, 9.17) is 11.6 Å². The molecule has 2 rings (SSSR count). The van der Waals surface area contributed by atoms with Gasteiger partial charge in [-0.15, -0.1) is 11.6 Å². The third-order valence-electron chi connectivity index (χ3n) is 3.06. The Balaban J connectivity index is 2.17. The van der Waals surface area contributed by atoms with E-state index in [9.17, 15) is 0 Å². The molecule has 0 bridgehead atoms. The van der Waals surface area contributed by atoms with Gasteiger partial charge >= 0.3 is 0 Å². The standard InChI is InChI=1S/C15H19ClN2/c1-3-12(16)8-9-17-15-10-11(2)18-14-7-5-4-6-13(14)15/h4-7,10,12H,3,8-9H2,1-2H3,(H,17,18). The molecule has 0 spiro atoms. The van der Waals surface area contributed by atoms with Crippen LogP contribution in [0.1, 0.15) is 25.5 Å². The lowest BCUT2D eigenvalue weighted by Gasteiger charge is -2.12. The molecular weight excluding hydrogens is 244 g/mol. The molecule has 1 aromatic heterocycles. The van der Waals surface area contributed by atoms with E-state index in [0.29, 0.717) is 0 Å². The Kier molecular flexibility index (Phi) is 4.43. The number of halogens is 1. The van der Waals surface area contributed by atoms with Gasteiger partial charge in [0, 0.05) is 28.7 Å². The predicted molar refractivity (Wildman–Crippen MR) is 79.5 cm³/mol. The zero-order chi connectivity index (χ0) is 13.0. The number of anilines is 1. The predicted octanol–water partition coefficient (Wildman–Crippen LogP) is 4.36. The number of nitrogens with one attached hydrogen (secondary N) is 1. The van der Waals surface area contributed by atoms with Gasteiger partial charge in [-0.3, -0.25) is 4.98 Å². The molecule has 2 nitrogen and oxygen atoms in total. The van der Waals surface area contributed by atoms with Crippen LogP contribution in [-0.2, 0) is 0 Å². The topological polar surface area (TPSA) is 24.9 Å². The Hall–Kier alpha value is -1.28. The number of rotatable bonds is 5. The SMILES string of the molecule is CCC(Cl)CCNc1cc(C)nc2ccccc12. The smallest absolute Gasteiger partial charge is 0.0725 e. The van der Waals surface area contributed by atoms with Crippen molar-refractivity contribution in [1.82, 2.24) is 4.98 Å². The number of para-hydroxylation sites is 1. The number of fused-ring (bicyclic) bond motifs is 1. The fraction of sp³-hybridized carbons (Fsp3) is 0.400. The second kappa shape index (κ2) is 6.05. The molecule has 2 aromatic rings. The highest BCUT2D eigenvalue weighted by Crippen LogP contribution is 2.23. The zero-order valence-electron chi connectivity index (χ0n) is 10.9. The molecule has 1 unspecified atom stereocenters. The van der Waals surface area contributed by atoms with E-state index in [0.717, 1.165) is 36.3 Å². The van der Waals surface area contributed by atoms with E-state index < -0.39 is 0 Å². The first-order valence-corrected chi connectivity index (χ1v) is 6.88. The molecule has 0 fully saturated rings. The van der Waals surface area contributed by atoms with Gasteiger partial charge < -0.3 is 5.32 Å². The van der Waals surface area contributed by atoms with Crippen molar-refractivity contribution >= 4 is 28.2 Å². The molecule has 18 heavy (non-hydrogen) atoms. The number of benzene rings is 1. The van der Waals surface area contributed by atoms with Crippen molar-refractivity contribution in [2.24, 2.45) is 0 Å². The van der Waals surface area contributed by atoms with Crippen molar-refractivity contribution in [2.75, 3.05) is 11.9 Å². The summed E-state index contributed by atoms with van der Waals surface area (Å²) >= 11 is 6.13. The van der Waals surface area contributed by atoms with Gasteiger partial charge in [0.05, 0.1) is 5.52 Å². The molecule has 0 amide bonds. The molecule has 0 aliphatic carbocycles. The molecule has 1 aromatic carbocycles. The molecule has 96 valence electrons. The van der Waals surface area contributed by atoms with E-state index in [-0.39, 0.29) is 5.38 Å². The van der Waals surface area contributed by atoms with Crippen molar-refractivity contribution in [3.63, 3.8) is 0 Å². The minimum absolute atomic E-state index is 0.256. The Bertz CT molecular complexity index is 525. The van der Waals surface area contributed by atoms with Crippen LogP contribution in [0.4, 0.5) is 5.69 Å². The van der Waals surface area contributed by atoms with Crippen LogP contribution in [0, 0.1) is 6.92 Å². The lowest BCUT2D eigenvalue weighted by molar-refractivity contribution is 0.754. The first kappa shape index (κ1) is 13.2. The maximum Gasteiger partial charge on any atom is 0.0725 e. The molecule has 1 N–H and O–H groups in total. The maximum atomic E-state index is 6.13. The number of hydrogen-bond acceptors (Lipinski definition) is 2. The molecule has 1 atom stereocenters. The molecule has 0 radical (unpaired) electrons. The summed E-state index contributed by atoms with van der Waals surface area (Å²) in [6.07, 6.45) is 1.99. The average molecular weight is 263 g/mol. The van der Waals surface area contributed by atoms with Gasteiger partial charge in [0.15, 0.2) is 0 Å². The first-order chi connectivity index (χ1) is 8.70. The van der Waals surface area contributed by atoms with Crippen LogP contribution in [0.25, 0.3) is 10.9 Å². The highest BCUT2D eigenvalue weighted by Gasteiger charge is 2.04. The van der Waals surface area contributed by atoms with Crippen LogP contribution in [0.2, 0.25) is 0 Å². The number of aromatic nitrogens is 1. The van der Waals surface area contributed by atoms with Crippen molar-refractivity contribution in [1.29, 1.82) is 0 Å². The van der Waals surface area contributed by atoms with E-state index >= 15 is 0 Å². The van der Waals surface area contributed by atoms with E-state index in [1.807, 2.05) is 25.1 Å². The van der Waals surface area contributed by atoms with Gasteiger partial charge in [0.1, 0.15) is 0 Å². The molecule has 3 heteroatoms. The Labute approximate surface area is 113 Å². The lowest BCUT2D eigenvalue weighted by atomic mass is 10.1. The van der Waals surface area contributed by atoms with Gasteiger partial charge in [-0.1, -0.05) is 25.1 Å². The van der Waals surface area contributed by atoms with E-state index in [1.165, 1.54) is 5.39 Å². The summed E-state index contributed by atoms with van der Waals surface area (Å²) in [6.45, 7) is 5.03. The summed E-state index contributed by atoms with van der Waals surface area (Å²) in [5.41, 5.74) is 3.23. The summed E-state index contributed by atoms with van der Waals surface area (Å²) in [7, 11) is 0. The highest BCUT2D eigenvalue weighted by atomic mass is 35.5. The molecule has 0 aliphatic rings. The quantitative estimate of drug-likeness (QED) is 0.810. The number of nitrogens with zero attached hydrogens (tertiary/aromatic N) is 1. The monoisotopic (exact) mass is 262 g/mol. The molecular formula is C15H19ClN2. The van der Waals surface area contributed by atoms with Crippen molar-refractivity contribution in [3.8, 4) is 0 Å². The fourth-order valence-corrected chi connectivity index (χ4v) is 2.13. The second-order valence-electron chi connectivity index (χ2n) is 4.55. The minimum atomic E-state index is 0.256. The number of alkyl halides is 1. The summed E-state index contributed by atoms with van der Waals surface area (Å²) in [6, 6.07) is 10.3. The highest BCUT2D eigenvalue weighted by molar-refractivity contribution is 6.20. The van der Waals surface area contributed by atoms with Crippen LogP contribution < -0.4 is 5.32 Å². The number of hydrogen-bond donors (Lipinski definition) is 1. The van der Waals surface area contributed by atoms with Gasteiger partial charge in [-0.2, -0.15) is 0 Å². The third kappa shape index (κ3) is 3.14. The van der Waals surface area contributed by atoms with Crippen molar-refractivity contribution in [2.45, 2.75) is 32.1 Å². The number of aryl methyl sites for hydroxylation is 1. The van der Waals surface area contributed by atoms with Crippen molar-refractivity contribution in [3.05, 3.63) is 36.0 Å². The second-order valence-corrected chi connectivity index (χ2v) is 5.17. The van der Waals surface area contributed by atoms with Crippen molar-refractivity contribution < 1.29 is 0 Å². The largest absolute Gasteiger partial charge is 0.384 e. The summed E-state index contributed by atoms with van der Waals surface area (Å²) in [5, 5.41) is 4.90. The first-order valence-electron chi connectivity index (χ1n) is 6.45. The van der Waals surface area contributed by atoms with Crippen LogP contribution >= 0.6 is 11.6 Å². The molecule has 0 saturated heterocycles. The molecule has 0 aliphatic heterocycles. The maximum absolute atomic E-state index is 6.13. The Morgan fingerprint density at radius 1 is 1.33 bits per heavy atom. The van der Waals surface area contributed by atoms with Crippen LogP contribution in [0.15, 0.2) is 30.3 Å². The fourth-order valence-electron chi connectivity index (χ4n) is 2.02. The lowest BCUT2D eigenvalue weighted by Crippen LogP contribution is -2.08. The third-order valence-corrected chi connectivity index (χ3v) is 3.59.